The Morgan fingerprint density at radius 3 is 2.57 bits per heavy atom. The van der Waals surface area contributed by atoms with E-state index in [2.05, 4.69) is 37.7 Å². The lowest BCUT2D eigenvalue weighted by molar-refractivity contribution is 0.837. The van der Waals surface area contributed by atoms with E-state index in [1.54, 1.807) is 0 Å². The van der Waals surface area contributed by atoms with Gasteiger partial charge in [0.1, 0.15) is 11.6 Å². The van der Waals surface area contributed by atoms with Gasteiger partial charge < -0.3 is 4.90 Å². The van der Waals surface area contributed by atoms with Crippen LogP contribution in [-0.2, 0) is 0 Å². The van der Waals surface area contributed by atoms with E-state index in [9.17, 15) is 0 Å². The van der Waals surface area contributed by atoms with Gasteiger partial charge in [-0.3, -0.25) is 0 Å². The van der Waals surface area contributed by atoms with Gasteiger partial charge in [-0.1, -0.05) is 15.9 Å². The summed E-state index contributed by atoms with van der Waals surface area (Å²) in [6.07, 6.45) is 0. The monoisotopic (exact) mass is 257 g/mol. The van der Waals surface area contributed by atoms with E-state index >= 15 is 0 Å². The topological polar surface area (TPSA) is 29.0 Å². The maximum absolute atomic E-state index is 4.42. The summed E-state index contributed by atoms with van der Waals surface area (Å²) in [5.41, 5.74) is 1.03. The predicted molar refractivity (Wildman–Crippen MR) is 63.2 cm³/mol. The van der Waals surface area contributed by atoms with Gasteiger partial charge in [0, 0.05) is 30.2 Å². The highest BCUT2D eigenvalue weighted by Gasteiger charge is 2.06. The molecule has 0 unspecified atom stereocenters. The molecule has 1 aromatic rings. The average molecular weight is 258 g/mol. The second-order valence-corrected chi connectivity index (χ2v) is 3.98. The number of hydrogen-bond donors (Lipinski definition) is 0. The van der Waals surface area contributed by atoms with Gasteiger partial charge >= 0.3 is 0 Å². The Balaban J connectivity index is 2.91. The molecule has 0 saturated carbocycles. The number of rotatable bonds is 4. The lowest BCUT2D eigenvalue weighted by Crippen LogP contribution is -2.26. The molecule has 1 aromatic heterocycles. The second kappa shape index (κ2) is 5.29. The zero-order valence-corrected chi connectivity index (χ0v) is 10.5. The summed E-state index contributed by atoms with van der Waals surface area (Å²) in [4.78, 5) is 10.9. The van der Waals surface area contributed by atoms with E-state index in [-0.39, 0.29) is 0 Å². The maximum Gasteiger partial charge on any atom is 0.132 e. The first-order valence-corrected chi connectivity index (χ1v) is 5.92. The lowest BCUT2D eigenvalue weighted by atomic mass is 10.3. The number of aryl methyl sites for hydroxylation is 2. The molecule has 4 heteroatoms. The summed E-state index contributed by atoms with van der Waals surface area (Å²) in [5, 5.41) is 0.961. The van der Waals surface area contributed by atoms with Crippen molar-refractivity contribution in [2.45, 2.75) is 20.8 Å². The largest absolute Gasteiger partial charge is 0.356 e. The fourth-order valence-electron chi connectivity index (χ4n) is 1.40. The van der Waals surface area contributed by atoms with Gasteiger partial charge in [0.15, 0.2) is 0 Å². The van der Waals surface area contributed by atoms with Crippen LogP contribution >= 0.6 is 15.9 Å². The molecule has 14 heavy (non-hydrogen) atoms. The van der Waals surface area contributed by atoms with Crippen molar-refractivity contribution in [2.75, 3.05) is 23.3 Å². The maximum atomic E-state index is 4.42. The van der Waals surface area contributed by atoms with Crippen molar-refractivity contribution in [3.05, 3.63) is 17.6 Å². The van der Waals surface area contributed by atoms with Crippen molar-refractivity contribution in [1.29, 1.82) is 0 Å². The molecular formula is C10H16BrN3. The molecule has 0 amide bonds. The van der Waals surface area contributed by atoms with Crippen LogP contribution in [0.5, 0.6) is 0 Å². The molecule has 1 heterocycles. The van der Waals surface area contributed by atoms with Crippen LogP contribution < -0.4 is 4.90 Å². The van der Waals surface area contributed by atoms with Crippen LogP contribution in [-0.4, -0.2) is 28.4 Å². The van der Waals surface area contributed by atoms with Crippen LogP contribution in [0, 0.1) is 13.8 Å². The smallest absolute Gasteiger partial charge is 0.132 e. The van der Waals surface area contributed by atoms with Crippen molar-refractivity contribution in [2.24, 2.45) is 0 Å². The van der Waals surface area contributed by atoms with E-state index < -0.39 is 0 Å². The third kappa shape index (κ3) is 2.94. The first kappa shape index (κ1) is 11.4. The summed E-state index contributed by atoms with van der Waals surface area (Å²) in [7, 11) is 0. The fourth-order valence-corrected chi connectivity index (χ4v) is 1.82. The van der Waals surface area contributed by atoms with Crippen molar-refractivity contribution in [3.8, 4) is 0 Å². The van der Waals surface area contributed by atoms with Gasteiger partial charge in [-0.15, -0.1) is 0 Å². The van der Waals surface area contributed by atoms with Crippen LogP contribution in [0.2, 0.25) is 0 Å². The second-order valence-electron chi connectivity index (χ2n) is 3.18. The Labute approximate surface area is 93.7 Å². The third-order valence-corrected chi connectivity index (χ3v) is 2.37. The van der Waals surface area contributed by atoms with Gasteiger partial charge in [0.05, 0.1) is 0 Å². The van der Waals surface area contributed by atoms with Crippen molar-refractivity contribution >= 4 is 21.7 Å². The SMILES string of the molecule is CCN(CCBr)c1cc(C)nc(C)n1. The molecule has 0 aliphatic carbocycles. The number of alkyl halides is 1. The summed E-state index contributed by atoms with van der Waals surface area (Å²) in [6.45, 7) is 8.02. The average Bonchev–Trinajstić information content (AvgIpc) is 2.12. The standard InChI is InChI=1S/C10H16BrN3/c1-4-14(6-5-11)10-7-8(2)12-9(3)13-10/h7H,4-6H2,1-3H3. The van der Waals surface area contributed by atoms with Crippen molar-refractivity contribution < 1.29 is 0 Å². The zero-order chi connectivity index (χ0) is 10.6. The number of hydrogen-bond acceptors (Lipinski definition) is 3. The molecule has 0 atom stereocenters. The van der Waals surface area contributed by atoms with Crippen LogP contribution in [0.25, 0.3) is 0 Å². The fraction of sp³-hybridized carbons (Fsp3) is 0.600. The molecule has 0 fully saturated rings. The molecule has 78 valence electrons. The molecule has 0 bridgehead atoms. The van der Waals surface area contributed by atoms with E-state index in [0.29, 0.717) is 0 Å². The van der Waals surface area contributed by atoms with Crippen molar-refractivity contribution in [1.82, 2.24) is 9.97 Å². The summed E-state index contributed by atoms with van der Waals surface area (Å²) in [5.74, 6) is 1.87. The molecule has 0 spiro atoms. The Hall–Kier alpha value is -0.640. The summed E-state index contributed by atoms with van der Waals surface area (Å²) in [6, 6.07) is 2.03. The number of nitrogens with zero attached hydrogens (tertiary/aromatic N) is 3. The molecule has 0 saturated heterocycles. The first-order valence-electron chi connectivity index (χ1n) is 4.80. The number of aromatic nitrogens is 2. The minimum absolute atomic E-state index is 0.841. The number of halogens is 1. The first-order chi connectivity index (χ1) is 6.67. The minimum atomic E-state index is 0.841. The minimum Gasteiger partial charge on any atom is -0.356 e. The highest BCUT2D eigenvalue weighted by atomic mass is 79.9. The van der Waals surface area contributed by atoms with Crippen LogP contribution in [0.15, 0.2) is 6.07 Å². The molecular weight excluding hydrogens is 242 g/mol. The molecule has 0 aliphatic rings. The summed E-state index contributed by atoms with van der Waals surface area (Å²) < 4.78 is 0. The highest BCUT2D eigenvalue weighted by Crippen LogP contribution is 2.12. The van der Waals surface area contributed by atoms with E-state index in [1.807, 2.05) is 19.9 Å². The summed E-state index contributed by atoms with van der Waals surface area (Å²) >= 11 is 3.44. The van der Waals surface area contributed by atoms with Gasteiger partial charge in [-0.05, 0) is 20.8 Å². The van der Waals surface area contributed by atoms with E-state index in [0.717, 1.165) is 35.8 Å². The normalized spacial score (nSPS) is 10.3. The van der Waals surface area contributed by atoms with Gasteiger partial charge in [-0.2, -0.15) is 0 Å². The zero-order valence-electron chi connectivity index (χ0n) is 8.92. The molecule has 0 aliphatic heterocycles. The Kier molecular flexibility index (Phi) is 4.32. The molecule has 3 nitrogen and oxygen atoms in total. The molecule has 0 aromatic carbocycles. The molecule has 0 radical (unpaired) electrons. The van der Waals surface area contributed by atoms with E-state index in [1.165, 1.54) is 0 Å². The van der Waals surface area contributed by atoms with Crippen LogP contribution in [0.1, 0.15) is 18.4 Å². The van der Waals surface area contributed by atoms with Crippen molar-refractivity contribution in [3.63, 3.8) is 0 Å². The van der Waals surface area contributed by atoms with Gasteiger partial charge in [0.25, 0.3) is 0 Å². The van der Waals surface area contributed by atoms with Crippen LogP contribution in [0.3, 0.4) is 0 Å². The molecule has 1 rings (SSSR count). The third-order valence-electron chi connectivity index (χ3n) is 2.01. The van der Waals surface area contributed by atoms with E-state index in [4.69, 9.17) is 0 Å². The number of anilines is 1. The van der Waals surface area contributed by atoms with Crippen LogP contribution in [0.4, 0.5) is 5.82 Å². The van der Waals surface area contributed by atoms with Gasteiger partial charge in [-0.25, -0.2) is 9.97 Å². The highest BCUT2D eigenvalue weighted by molar-refractivity contribution is 9.09. The quantitative estimate of drug-likeness (QED) is 0.776. The predicted octanol–water partition coefficient (Wildman–Crippen LogP) is 2.31. The molecule has 0 N–H and O–H groups in total. The lowest BCUT2D eigenvalue weighted by Gasteiger charge is -2.21. The Morgan fingerprint density at radius 1 is 1.36 bits per heavy atom. The Morgan fingerprint density at radius 2 is 2.07 bits per heavy atom. The Bertz CT molecular complexity index is 281. The van der Waals surface area contributed by atoms with Gasteiger partial charge in [0.2, 0.25) is 0 Å².